The molecule has 0 aliphatic heterocycles. The molecule has 22 heavy (non-hydrogen) atoms. The van der Waals surface area contributed by atoms with Crippen LogP contribution in [0.25, 0.3) is 10.9 Å². The van der Waals surface area contributed by atoms with Crippen molar-refractivity contribution in [1.29, 1.82) is 0 Å². The van der Waals surface area contributed by atoms with E-state index in [4.69, 9.17) is 4.74 Å². The normalized spacial score (nSPS) is 12.3. The zero-order chi connectivity index (χ0) is 15.5. The predicted molar refractivity (Wildman–Crippen MR) is 89.6 cm³/mol. The molecule has 1 heterocycles. The number of thioether (sulfide) groups is 1. The van der Waals surface area contributed by atoms with E-state index < -0.39 is 0 Å². The number of nitrogens with one attached hydrogen (secondary N) is 1. The van der Waals surface area contributed by atoms with Crippen LogP contribution in [0.15, 0.2) is 58.2 Å². The van der Waals surface area contributed by atoms with Crippen LogP contribution in [0.1, 0.15) is 18.0 Å². The third-order valence-electron chi connectivity index (χ3n) is 3.39. The second-order valence-electron chi connectivity index (χ2n) is 4.90. The Labute approximate surface area is 132 Å². The zero-order valence-corrected chi connectivity index (χ0v) is 13.2. The number of hydrogen-bond acceptors (Lipinski definition) is 4. The van der Waals surface area contributed by atoms with Crippen molar-refractivity contribution in [2.24, 2.45) is 0 Å². The number of methoxy groups -OCH3 is 1. The number of para-hydroxylation sites is 1. The van der Waals surface area contributed by atoms with Crippen molar-refractivity contribution in [1.82, 2.24) is 9.97 Å². The molecule has 1 N–H and O–H groups in total. The number of ether oxygens (including phenoxy) is 1. The van der Waals surface area contributed by atoms with Gasteiger partial charge < -0.3 is 9.72 Å². The Kier molecular flexibility index (Phi) is 4.15. The third-order valence-corrected chi connectivity index (χ3v) is 4.51. The molecule has 112 valence electrons. The van der Waals surface area contributed by atoms with Crippen LogP contribution < -0.4 is 10.3 Å². The average Bonchev–Trinajstić information content (AvgIpc) is 2.55. The minimum atomic E-state index is -0.0946. The summed E-state index contributed by atoms with van der Waals surface area (Å²) in [7, 11) is 1.65. The van der Waals surface area contributed by atoms with Gasteiger partial charge in [-0.1, -0.05) is 12.1 Å². The number of nitrogens with zero attached hydrogens (tertiary/aromatic N) is 1. The van der Waals surface area contributed by atoms with Gasteiger partial charge in [-0.25, -0.2) is 4.98 Å². The molecule has 0 radical (unpaired) electrons. The Balaban J connectivity index is 1.88. The van der Waals surface area contributed by atoms with E-state index in [1.807, 2.05) is 49.4 Å². The molecule has 3 aromatic rings. The molecule has 0 bridgehead atoms. The summed E-state index contributed by atoms with van der Waals surface area (Å²) in [5.41, 5.74) is 0.631. The summed E-state index contributed by atoms with van der Waals surface area (Å²) in [4.78, 5) is 20.7. The van der Waals surface area contributed by atoms with Crippen LogP contribution in [0.5, 0.6) is 5.75 Å². The van der Waals surface area contributed by atoms with E-state index in [0.29, 0.717) is 11.2 Å². The fraction of sp³-hybridized carbons (Fsp3) is 0.176. The molecule has 0 saturated carbocycles. The van der Waals surface area contributed by atoms with E-state index in [9.17, 15) is 4.79 Å². The van der Waals surface area contributed by atoms with E-state index in [1.54, 1.807) is 24.9 Å². The number of aromatic amines is 1. The second kappa shape index (κ2) is 6.23. The first-order valence-electron chi connectivity index (χ1n) is 6.97. The fourth-order valence-corrected chi connectivity index (χ4v) is 3.14. The highest BCUT2D eigenvalue weighted by molar-refractivity contribution is 7.99. The first-order valence-corrected chi connectivity index (χ1v) is 7.85. The van der Waals surface area contributed by atoms with E-state index >= 15 is 0 Å². The Morgan fingerprint density at radius 3 is 2.59 bits per heavy atom. The van der Waals surface area contributed by atoms with Gasteiger partial charge in [-0.05, 0) is 43.3 Å². The minimum absolute atomic E-state index is 0.0469. The summed E-state index contributed by atoms with van der Waals surface area (Å²) in [5.74, 6) is 1.51. The van der Waals surface area contributed by atoms with Crippen molar-refractivity contribution in [2.45, 2.75) is 17.1 Å². The SMILES string of the molecule is COc1ccc(SC(C)c2nc3ccccc3c(=O)[nH]2)cc1. The van der Waals surface area contributed by atoms with E-state index in [1.165, 1.54) is 0 Å². The summed E-state index contributed by atoms with van der Waals surface area (Å²) in [6.45, 7) is 2.03. The number of hydrogen-bond donors (Lipinski definition) is 1. The molecule has 1 aromatic heterocycles. The van der Waals surface area contributed by atoms with Gasteiger partial charge in [-0.3, -0.25) is 4.79 Å². The van der Waals surface area contributed by atoms with Crippen LogP contribution in [0, 0.1) is 0 Å². The molecule has 0 spiro atoms. The van der Waals surface area contributed by atoms with Crippen LogP contribution in [-0.4, -0.2) is 17.1 Å². The largest absolute Gasteiger partial charge is 0.497 e. The maximum Gasteiger partial charge on any atom is 0.258 e. The van der Waals surface area contributed by atoms with Gasteiger partial charge in [0.1, 0.15) is 11.6 Å². The number of benzene rings is 2. The molecule has 0 amide bonds. The monoisotopic (exact) mass is 312 g/mol. The molecule has 0 aliphatic rings. The summed E-state index contributed by atoms with van der Waals surface area (Å²) in [6.07, 6.45) is 0. The predicted octanol–water partition coefficient (Wildman–Crippen LogP) is 3.79. The van der Waals surface area contributed by atoms with Crippen molar-refractivity contribution in [2.75, 3.05) is 7.11 Å². The molecule has 0 fully saturated rings. The van der Waals surface area contributed by atoms with Gasteiger partial charge in [0, 0.05) is 4.90 Å². The van der Waals surface area contributed by atoms with Crippen LogP contribution >= 0.6 is 11.8 Å². The van der Waals surface area contributed by atoms with Gasteiger partial charge in [0.25, 0.3) is 5.56 Å². The smallest absolute Gasteiger partial charge is 0.258 e. The molecule has 1 unspecified atom stereocenters. The Morgan fingerprint density at radius 1 is 1.14 bits per heavy atom. The molecular formula is C17H16N2O2S. The van der Waals surface area contributed by atoms with Gasteiger partial charge in [0.15, 0.2) is 0 Å². The lowest BCUT2D eigenvalue weighted by molar-refractivity contribution is 0.414. The van der Waals surface area contributed by atoms with Gasteiger partial charge in [0.2, 0.25) is 0 Å². The lowest BCUT2D eigenvalue weighted by atomic mass is 10.2. The number of aromatic nitrogens is 2. The van der Waals surface area contributed by atoms with Gasteiger partial charge >= 0.3 is 0 Å². The highest BCUT2D eigenvalue weighted by Crippen LogP contribution is 2.33. The number of fused-ring (bicyclic) bond motifs is 1. The van der Waals surface area contributed by atoms with Crippen LogP contribution in [0.3, 0.4) is 0 Å². The van der Waals surface area contributed by atoms with Crippen molar-refractivity contribution in [3.05, 3.63) is 64.7 Å². The van der Waals surface area contributed by atoms with Crippen molar-refractivity contribution < 1.29 is 4.74 Å². The molecule has 1 atom stereocenters. The zero-order valence-electron chi connectivity index (χ0n) is 12.4. The summed E-state index contributed by atoms with van der Waals surface area (Å²) < 4.78 is 5.15. The molecule has 5 heteroatoms. The first-order chi connectivity index (χ1) is 10.7. The van der Waals surface area contributed by atoms with Crippen molar-refractivity contribution in [3.63, 3.8) is 0 Å². The topological polar surface area (TPSA) is 55.0 Å². The summed E-state index contributed by atoms with van der Waals surface area (Å²) >= 11 is 1.64. The third kappa shape index (κ3) is 2.99. The number of H-pyrrole nitrogens is 1. The van der Waals surface area contributed by atoms with Crippen LogP contribution in [0.4, 0.5) is 0 Å². The fourth-order valence-electron chi connectivity index (χ4n) is 2.21. The molecule has 4 nitrogen and oxygen atoms in total. The molecule has 3 rings (SSSR count). The Hall–Kier alpha value is -2.27. The van der Waals surface area contributed by atoms with Crippen molar-refractivity contribution >= 4 is 22.7 Å². The van der Waals surface area contributed by atoms with Crippen LogP contribution in [0.2, 0.25) is 0 Å². The molecule has 2 aromatic carbocycles. The quantitative estimate of drug-likeness (QED) is 0.745. The summed E-state index contributed by atoms with van der Waals surface area (Å²) in [6, 6.07) is 15.2. The highest BCUT2D eigenvalue weighted by atomic mass is 32.2. The lowest BCUT2D eigenvalue weighted by Gasteiger charge is -2.11. The summed E-state index contributed by atoms with van der Waals surface area (Å²) in [5, 5.41) is 0.665. The molecular weight excluding hydrogens is 296 g/mol. The first kappa shape index (κ1) is 14.7. The Morgan fingerprint density at radius 2 is 1.86 bits per heavy atom. The molecule has 0 saturated heterocycles. The van der Waals surface area contributed by atoms with E-state index in [-0.39, 0.29) is 10.8 Å². The van der Waals surface area contributed by atoms with Gasteiger partial charge in [-0.15, -0.1) is 11.8 Å². The van der Waals surface area contributed by atoms with E-state index in [2.05, 4.69) is 9.97 Å². The second-order valence-corrected chi connectivity index (χ2v) is 6.32. The van der Waals surface area contributed by atoms with Crippen LogP contribution in [-0.2, 0) is 0 Å². The Bertz CT molecular complexity index is 843. The van der Waals surface area contributed by atoms with Crippen molar-refractivity contribution in [3.8, 4) is 5.75 Å². The highest BCUT2D eigenvalue weighted by Gasteiger charge is 2.12. The minimum Gasteiger partial charge on any atom is -0.497 e. The molecule has 0 aliphatic carbocycles. The lowest BCUT2D eigenvalue weighted by Crippen LogP contribution is -2.12. The van der Waals surface area contributed by atoms with Gasteiger partial charge in [-0.2, -0.15) is 0 Å². The number of rotatable bonds is 4. The van der Waals surface area contributed by atoms with Gasteiger partial charge in [0.05, 0.1) is 23.3 Å². The standard InChI is InChI=1S/C17H16N2O2S/c1-11(22-13-9-7-12(21-2)8-10-13)16-18-15-6-4-3-5-14(15)17(20)19-16/h3-11H,1-2H3,(H,18,19,20). The maximum atomic E-state index is 12.1. The average molecular weight is 312 g/mol. The van der Waals surface area contributed by atoms with E-state index in [0.717, 1.165) is 16.2 Å². The maximum absolute atomic E-state index is 12.1.